The second-order valence-corrected chi connectivity index (χ2v) is 9.57. The fourth-order valence-corrected chi connectivity index (χ4v) is 5.01. The van der Waals surface area contributed by atoms with E-state index in [-0.39, 0.29) is 22.6 Å². The minimum absolute atomic E-state index is 0.0149. The molecule has 0 radical (unpaired) electrons. The minimum atomic E-state index is -1.16. The molecule has 2 heterocycles. The van der Waals surface area contributed by atoms with Gasteiger partial charge in [-0.15, -0.1) is 0 Å². The molecule has 2 aliphatic rings. The lowest BCUT2D eigenvalue weighted by atomic mass is 9.86. The second-order valence-electron chi connectivity index (χ2n) is 9.57. The molecule has 166 valence electrons. The number of carboxylic acid groups (broad SMARTS) is 1. The molecule has 0 spiro atoms. The fourth-order valence-electron chi connectivity index (χ4n) is 5.01. The summed E-state index contributed by atoms with van der Waals surface area (Å²) >= 11 is 0. The number of hydrogen-bond donors (Lipinski definition) is 2. The number of carbonyl (C=O) groups is 1. The molecule has 4 nitrogen and oxygen atoms in total. The molecule has 1 saturated carbocycles. The van der Waals surface area contributed by atoms with Gasteiger partial charge in [-0.3, -0.25) is 4.90 Å². The van der Waals surface area contributed by atoms with Crippen molar-refractivity contribution in [3.8, 4) is 0 Å². The molecule has 6 heteroatoms. The van der Waals surface area contributed by atoms with Gasteiger partial charge in [0, 0.05) is 40.8 Å². The number of benzene rings is 2. The summed E-state index contributed by atoms with van der Waals surface area (Å²) in [6.45, 7) is 5.13. The van der Waals surface area contributed by atoms with Crippen LogP contribution in [0, 0.1) is 17.0 Å². The van der Waals surface area contributed by atoms with E-state index in [0.717, 1.165) is 54.0 Å². The van der Waals surface area contributed by atoms with Gasteiger partial charge < -0.3 is 10.1 Å². The van der Waals surface area contributed by atoms with Crippen molar-refractivity contribution < 1.29 is 18.7 Å². The number of para-hydroxylation sites is 1. The van der Waals surface area contributed by atoms with Gasteiger partial charge in [-0.2, -0.15) is 0 Å². The number of halogens is 2. The molecule has 1 aromatic heterocycles. The quantitative estimate of drug-likeness (QED) is 0.506. The second kappa shape index (κ2) is 7.55. The summed E-state index contributed by atoms with van der Waals surface area (Å²) in [6, 6.07) is 9.97. The Labute approximate surface area is 185 Å². The van der Waals surface area contributed by atoms with Crippen molar-refractivity contribution in [1.29, 1.82) is 0 Å². The summed E-state index contributed by atoms with van der Waals surface area (Å²) in [4.78, 5) is 16.5. The highest BCUT2D eigenvalue weighted by Crippen LogP contribution is 2.50. The van der Waals surface area contributed by atoms with Crippen molar-refractivity contribution in [2.24, 2.45) is 5.41 Å². The van der Waals surface area contributed by atoms with Gasteiger partial charge in [0.25, 0.3) is 0 Å². The van der Waals surface area contributed by atoms with Crippen molar-refractivity contribution >= 4 is 22.9 Å². The smallest absolute Gasteiger partial charge is 0.328 e. The van der Waals surface area contributed by atoms with Gasteiger partial charge in [0.1, 0.15) is 11.6 Å². The molecule has 5 rings (SSSR count). The number of aromatic amines is 1. The van der Waals surface area contributed by atoms with E-state index in [0.29, 0.717) is 0 Å². The van der Waals surface area contributed by atoms with Crippen LogP contribution in [0.1, 0.15) is 55.1 Å². The first-order chi connectivity index (χ1) is 15.3. The highest BCUT2D eigenvalue weighted by molar-refractivity contribution is 5.86. The van der Waals surface area contributed by atoms with Crippen LogP contribution < -0.4 is 0 Å². The van der Waals surface area contributed by atoms with Gasteiger partial charge in [-0.25, -0.2) is 13.6 Å². The van der Waals surface area contributed by atoms with Crippen molar-refractivity contribution in [3.05, 3.63) is 76.5 Å². The molecule has 3 aromatic rings. The van der Waals surface area contributed by atoms with Crippen LogP contribution in [-0.2, 0) is 11.2 Å². The molecule has 2 aromatic carbocycles. The predicted molar refractivity (Wildman–Crippen MR) is 120 cm³/mol. The van der Waals surface area contributed by atoms with Gasteiger partial charge in [0.2, 0.25) is 0 Å². The first kappa shape index (κ1) is 20.9. The molecule has 0 amide bonds. The summed E-state index contributed by atoms with van der Waals surface area (Å²) < 4.78 is 30.9. The van der Waals surface area contributed by atoms with Crippen LogP contribution in [0.2, 0.25) is 0 Å². The number of carboxylic acids is 1. The summed E-state index contributed by atoms with van der Waals surface area (Å²) in [7, 11) is 0. The number of aliphatic carboxylic acids is 1. The van der Waals surface area contributed by atoms with Crippen LogP contribution in [0.3, 0.4) is 0 Å². The van der Waals surface area contributed by atoms with E-state index in [1.165, 1.54) is 18.2 Å². The molecule has 0 bridgehead atoms. The first-order valence-corrected chi connectivity index (χ1v) is 11.0. The lowest BCUT2D eigenvalue weighted by Crippen LogP contribution is -2.45. The molecule has 1 aliphatic carbocycles. The van der Waals surface area contributed by atoms with Crippen LogP contribution in [-0.4, -0.2) is 33.5 Å². The maximum absolute atomic E-state index is 15.5. The van der Waals surface area contributed by atoms with E-state index in [1.807, 2.05) is 18.2 Å². The Morgan fingerprint density at radius 1 is 1.25 bits per heavy atom. The summed E-state index contributed by atoms with van der Waals surface area (Å²) in [5.74, 6) is -2.49. The summed E-state index contributed by atoms with van der Waals surface area (Å²) in [5.41, 5.74) is 3.31. The van der Waals surface area contributed by atoms with Gasteiger partial charge >= 0.3 is 5.97 Å². The lowest BCUT2D eigenvalue weighted by Gasteiger charge is -2.42. The van der Waals surface area contributed by atoms with Gasteiger partial charge in [-0.05, 0) is 67.0 Å². The van der Waals surface area contributed by atoms with E-state index < -0.39 is 23.6 Å². The Morgan fingerprint density at radius 3 is 2.59 bits per heavy atom. The molecule has 0 unspecified atom stereocenters. The maximum atomic E-state index is 15.5. The largest absolute Gasteiger partial charge is 0.478 e. The van der Waals surface area contributed by atoms with E-state index in [4.69, 9.17) is 5.11 Å². The van der Waals surface area contributed by atoms with Crippen LogP contribution in [0.15, 0.2) is 42.5 Å². The third-order valence-corrected chi connectivity index (χ3v) is 6.98. The Kier molecular flexibility index (Phi) is 4.93. The lowest BCUT2D eigenvalue weighted by molar-refractivity contribution is -0.131. The Morgan fingerprint density at radius 2 is 1.94 bits per heavy atom. The summed E-state index contributed by atoms with van der Waals surface area (Å²) in [6.07, 6.45) is 5.14. The number of nitrogens with one attached hydrogen (secondary N) is 1. The minimum Gasteiger partial charge on any atom is -0.478 e. The average Bonchev–Trinajstić information content (AvgIpc) is 3.35. The van der Waals surface area contributed by atoms with Crippen molar-refractivity contribution in [1.82, 2.24) is 9.88 Å². The van der Waals surface area contributed by atoms with Crippen LogP contribution >= 0.6 is 0 Å². The van der Waals surface area contributed by atoms with Gasteiger partial charge in [-0.1, -0.05) is 25.1 Å². The maximum Gasteiger partial charge on any atom is 0.328 e. The first-order valence-electron chi connectivity index (χ1n) is 11.0. The molecule has 32 heavy (non-hydrogen) atoms. The van der Waals surface area contributed by atoms with E-state index in [9.17, 15) is 4.79 Å². The summed E-state index contributed by atoms with van der Waals surface area (Å²) in [5, 5.41) is 9.94. The van der Waals surface area contributed by atoms with Gasteiger partial charge in [0.05, 0.1) is 6.04 Å². The molecule has 2 atom stereocenters. The zero-order valence-electron chi connectivity index (χ0n) is 18.2. The highest BCUT2D eigenvalue weighted by Gasteiger charge is 2.45. The monoisotopic (exact) mass is 436 g/mol. The average molecular weight is 437 g/mol. The zero-order valence-corrected chi connectivity index (χ0v) is 18.2. The SMILES string of the molecule is C[C@@H]1Cc2c([nH]c3ccccc23)[C@@H](c2c(F)cc(/C=C/C(=O)O)cc2F)N1CC1(C)CC1. The highest BCUT2D eigenvalue weighted by atomic mass is 19.1. The molecule has 1 aliphatic heterocycles. The number of nitrogens with zero attached hydrogens (tertiary/aromatic N) is 1. The third kappa shape index (κ3) is 3.62. The van der Waals surface area contributed by atoms with Crippen molar-refractivity contribution in [2.75, 3.05) is 6.54 Å². The fraction of sp³-hybridized carbons (Fsp3) is 0.346. The van der Waals surface area contributed by atoms with Crippen LogP contribution in [0.4, 0.5) is 8.78 Å². The zero-order chi connectivity index (χ0) is 22.6. The third-order valence-electron chi connectivity index (χ3n) is 6.98. The molecular formula is C26H26F2N2O2. The van der Waals surface area contributed by atoms with E-state index in [2.05, 4.69) is 29.8 Å². The number of H-pyrrole nitrogens is 1. The Bertz CT molecular complexity index is 1220. The van der Waals surface area contributed by atoms with E-state index in [1.54, 1.807) is 0 Å². The standard InChI is InChI=1S/C26H26F2N2O2/c1-15-11-18-17-5-3-4-6-21(17)29-24(18)25(30(15)14-26(2)9-10-26)23-19(27)12-16(13-20(23)28)7-8-22(31)32/h3-8,12-13,15,25,29H,9-11,14H2,1-2H3,(H,31,32)/b8-7+/t15-,25-/m1/s1. The normalized spacial score (nSPS) is 22.4. The topological polar surface area (TPSA) is 56.3 Å². The molecule has 1 fully saturated rings. The number of rotatable bonds is 5. The van der Waals surface area contributed by atoms with Crippen LogP contribution in [0.5, 0.6) is 0 Å². The number of aromatic nitrogens is 1. The van der Waals surface area contributed by atoms with Crippen molar-refractivity contribution in [2.45, 2.75) is 45.2 Å². The Balaban J connectivity index is 1.68. The van der Waals surface area contributed by atoms with Crippen molar-refractivity contribution in [3.63, 3.8) is 0 Å². The van der Waals surface area contributed by atoms with Crippen LogP contribution in [0.25, 0.3) is 17.0 Å². The molecular weight excluding hydrogens is 410 g/mol. The molecule has 2 N–H and O–H groups in total. The van der Waals surface area contributed by atoms with E-state index >= 15 is 8.78 Å². The number of hydrogen-bond acceptors (Lipinski definition) is 2. The predicted octanol–water partition coefficient (Wildman–Crippen LogP) is 5.68. The Hall–Kier alpha value is -2.99. The number of fused-ring (bicyclic) bond motifs is 3. The van der Waals surface area contributed by atoms with Gasteiger partial charge in [0.15, 0.2) is 0 Å². The molecule has 0 saturated heterocycles.